The minimum absolute atomic E-state index is 0.133. The highest BCUT2D eigenvalue weighted by Crippen LogP contribution is 2.25. The molecule has 1 rings (SSSR count). The lowest BCUT2D eigenvalue weighted by molar-refractivity contribution is -0.520. The first kappa shape index (κ1) is 14.4. The predicted molar refractivity (Wildman–Crippen MR) is 67.0 cm³/mol. The lowest BCUT2D eigenvalue weighted by atomic mass is 10.0. The number of halogens is 1. The molecule has 1 aromatic carbocycles. The molecule has 5 nitrogen and oxygen atoms in total. The normalized spacial score (nSPS) is 13.7. The summed E-state index contributed by atoms with van der Waals surface area (Å²) >= 11 is 5.76. The molecule has 18 heavy (non-hydrogen) atoms. The SMILES string of the molecule is CC(=O)OC(CC(C)[N+](=O)[O-])c1ccc(Cl)cc1. The minimum atomic E-state index is -0.787. The highest BCUT2D eigenvalue weighted by Gasteiger charge is 2.24. The molecule has 0 saturated carbocycles. The average Bonchev–Trinajstić information content (AvgIpc) is 2.28. The predicted octanol–water partition coefficient (Wildman–Crippen LogP) is 3.00. The van der Waals surface area contributed by atoms with Gasteiger partial charge in [0, 0.05) is 23.8 Å². The molecule has 2 atom stereocenters. The van der Waals surface area contributed by atoms with Gasteiger partial charge in [-0.05, 0) is 17.7 Å². The van der Waals surface area contributed by atoms with Gasteiger partial charge in [0.15, 0.2) is 0 Å². The van der Waals surface area contributed by atoms with Crippen LogP contribution < -0.4 is 0 Å². The number of ether oxygens (including phenoxy) is 1. The molecule has 6 heteroatoms. The summed E-state index contributed by atoms with van der Waals surface area (Å²) in [6, 6.07) is 5.92. The van der Waals surface area contributed by atoms with Crippen LogP contribution in [0, 0.1) is 10.1 Å². The summed E-state index contributed by atoms with van der Waals surface area (Å²) in [6.45, 7) is 2.76. The largest absolute Gasteiger partial charge is 0.457 e. The lowest BCUT2D eigenvalue weighted by Gasteiger charge is -2.18. The van der Waals surface area contributed by atoms with Gasteiger partial charge in [0.05, 0.1) is 6.42 Å². The van der Waals surface area contributed by atoms with Crippen LogP contribution in [0.25, 0.3) is 0 Å². The number of hydrogen-bond acceptors (Lipinski definition) is 4. The first-order chi connectivity index (χ1) is 8.40. The molecule has 0 aromatic heterocycles. The Labute approximate surface area is 110 Å². The van der Waals surface area contributed by atoms with Gasteiger partial charge in [-0.15, -0.1) is 0 Å². The Morgan fingerprint density at radius 3 is 2.44 bits per heavy atom. The molecule has 2 unspecified atom stereocenters. The van der Waals surface area contributed by atoms with E-state index in [0.717, 1.165) is 0 Å². The third-order valence-corrected chi connectivity index (χ3v) is 2.72. The Morgan fingerprint density at radius 1 is 1.44 bits per heavy atom. The van der Waals surface area contributed by atoms with Gasteiger partial charge < -0.3 is 4.74 Å². The Morgan fingerprint density at radius 2 is 2.00 bits per heavy atom. The van der Waals surface area contributed by atoms with Gasteiger partial charge >= 0.3 is 5.97 Å². The Balaban J connectivity index is 2.87. The molecule has 0 heterocycles. The van der Waals surface area contributed by atoms with E-state index in [1.807, 2.05) is 0 Å². The smallest absolute Gasteiger partial charge is 0.303 e. The van der Waals surface area contributed by atoms with Crippen LogP contribution in [0.5, 0.6) is 0 Å². The van der Waals surface area contributed by atoms with Crippen molar-refractivity contribution in [2.45, 2.75) is 32.4 Å². The van der Waals surface area contributed by atoms with E-state index in [1.165, 1.54) is 13.8 Å². The van der Waals surface area contributed by atoms with Crippen molar-refractivity contribution in [1.82, 2.24) is 0 Å². The number of carbonyl (C=O) groups is 1. The van der Waals surface area contributed by atoms with E-state index in [2.05, 4.69) is 0 Å². The topological polar surface area (TPSA) is 69.4 Å². The van der Waals surface area contributed by atoms with Gasteiger partial charge in [-0.3, -0.25) is 14.9 Å². The zero-order chi connectivity index (χ0) is 13.7. The highest BCUT2D eigenvalue weighted by atomic mass is 35.5. The van der Waals surface area contributed by atoms with Crippen molar-refractivity contribution in [3.05, 3.63) is 45.0 Å². The van der Waals surface area contributed by atoms with Crippen molar-refractivity contribution in [1.29, 1.82) is 0 Å². The van der Waals surface area contributed by atoms with Crippen molar-refractivity contribution in [3.63, 3.8) is 0 Å². The molecule has 0 aliphatic heterocycles. The standard InChI is InChI=1S/C12H14ClNO4/c1-8(14(16)17)7-12(18-9(2)15)10-3-5-11(13)6-4-10/h3-6,8,12H,7H2,1-2H3. The summed E-state index contributed by atoms with van der Waals surface area (Å²) in [7, 11) is 0. The molecule has 1 aromatic rings. The van der Waals surface area contributed by atoms with Gasteiger partial charge in [-0.25, -0.2) is 0 Å². The van der Waals surface area contributed by atoms with E-state index in [1.54, 1.807) is 24.3 Å². The molecule has 0 amide bonds. The number of carbonyl (C=O) groups excluding carboxylic acids is 1. The van der Waals surface area contributed by atoms with Crippen LogP contribution in [0.1, 0.15) is 31.9 Å². The van der Waals surface area contributed by atoms with Gasteiger partial charge in [-0.1, -0.05) is 23.7 Å². The van der Waals surface area contributed by atoms with Crippen LogP contribution in [0.15, 0.2) is 24.3 Å². The second kappa shape index (κ2) is 6.35. The Kier molecular flexibility index (Phi) is 5.09. The van der Waals surface area contributed by atoms with Gasteiger partial charge in [0.2, 0.25) is 6.04 Å². The maximum Gasteiger partial charge on any atom is 0.303 e. The number of benzene rings is 1. The van der Waals surface area contributed by atoms with Crippen LogP contribution in [-0.4, -0.2) is 16.9 Å². The molecular weight excluding hydrogens is 258 g/mol. The second-order valence-electron chi connectivity index (χ2n) is 4.02. The summed E-state index contributed by atoms with van der Waals surface area (Å²) in [5, 5.41) is 11.2. The lowest BCUT2D eigenvalue weighted by Crippen LogP contribution is -2.21. The van der Waals surface area contributed by atoms with Gasteiger partial charge in [0.1, 0.15) is 6.10 Å². The summed E-state index contributed by atoms with van der Waals surface area (Å²) < 4.78 is 5.11. The first-order valence-electron chi connectivity index (χ1n) is 5.46. The molecule has 98 valence electrons. The van der Waals surface area contributed by atoms with Gasteiger partial charge in [0.25, 0.3) is 0 Å². The number of rotatable bonds is 5. The van der Waals surface area contributed by atoms with Crippen LogP contribution in [-0.2, 0) is 9.53 Å². The quantitative estimate of drug-likeness (QED) is 0.469. The van der Waals surface area contributed by atoms with Crippen molar-refractivity contribution in [3.8, 4) is 0 Å². The summed E-state index contributed by atoms with van der Waals surface area (Å²) in [4.78, 5) is 21.3. The average molecular weight is 272 g/mol. The third-order valence-electron chi connectivity index (χ3n) is 2.47. The van der Waals surface area contributed by atoms with E-state index in [-0.39, 0.29) is 6.42 Å². The molecule has 0 bridgehead atoms. The van der Waals surface area contributed by atoms with Crippen molar-refractivity contribution >= 4 is 17.6 Å². The second-order valence-corrected chi connectivity index (χ2v) is 4.46. The Bertz CT molecular complexity index is 432. The maximum absolute atomic E-state index is 11.0. The molecular formula is C12H14ClNO4. The fourth-order valence-corrected chi connectivity index (χ4v) is 1.65. The Hall–Kier alpha value is -1.62. The van der Waals surface area contributed by atoms with Crippen molar-refractivity contribution in [2.24, 2.45) is 0 Å². The van der Waals surface area contributed by atoms with Crippen LogP contribution in [0.4, 0.5) is 0 Å². The van der Waals surface area contributed by atoms with Gasteiger partial charge in [-0.2, -0.15) is 0 Å². The van der Waals surface area contributed by atoms with E-state index in [0.29, 0.717) is 10.6 Å². The first-order valence-corrected chi connectivity index (χ1v) is 5.84. The number of nitrogens with zero attached hydrogens (tertiary/aromatic N) is 1. The number of hydrogen-bond donors (Lipinski definition) is 0. The van der Waals surface area contributed by atoms with E-state index < -0.39 is 23.0 Å². The summed E-state index contributed by atoms with van der Waals surface area (Å²) in [5.74, 6) is -0.467. The molecule has 0 aliphatic rings. The summed E-state index contributed by atoms with van der Waals surface area (Å²) in [6.07, 6.45) is -0.492. The van der Waals surface area contributed by atoms with Crippen molar-refractivity contribution < 1.29 is 14.5 Å². The third kappa shape index (κ3) is 4.33. The maximum atomic E-state index is 11.0. The number of nitro groups is 1. The van der Waals surface area contributed by atoms with Crippen LogP contribution >= 0.6 is 11.6 Å². The molecule has 0 saturated heterocycles. The van der Waals surface area contributed by atoms with E-state index in [4.69, 9.17) is 16.3 Å². The minimum Gasteiger partial charge on any atom is -0.457 e. The highest BCUT2D eigenvalue weighted by molar-refractivity contribution is 6.30. The molecule has 0 fully saturated rings. The molecule has 0 spiro atoms. The van der Waals surface area contributed by atoms with Crippen LogP contribution in [0.2, 0.25) is 5.02 Å². The monoisotopic (exact) mass is 271 g/mol. The molecule has 0 N–H and O–H groups in total. The van der Waals surface area contributed by atoms with Crippen molar-refractivity contribution in [2.75, 3.05) is 0 Å². The zero-order valence-electron chi connectivity index (χ0n) is 10.1. The van der Waals surface area contributed by atoms with E-state index >= 15 is 0 Å². The number of esters is 1. The fraction of sp³-hybridized carbons (Fsp3) is 0.417. The summed E-state index contributed by atoms with van der Waals surface area (Å²) in [5.41, 5.74) is 0.698. The van der Waals surface area contributed by atoms with Crippen LogP contribution in [0.3, 0.4) is 0 Å². The molecule has 0 aliphatic carbocycles. The zero-order valence-corrected chi connectivity index (χ0v) is 10.9. The van der Waals surface area contributed by atoms with E-state index in [9.17, 15) is 14.9 Å². The fourth-order valence-electron chi connectivity index (χ4n) is 1.53. The molecule has 0 radical (unpaired) electrons.